The second-order valence-electron chi connectivity index (χ2n) is 14.8. The fourth-order valence-corrected chi connectivity index (χ4v) is 4.10. The lowest BCUT2D eigenvalue weighted by Crippen LogP contribution is -2.32. The number of carbonyl (C=O) groups excluding carboxylic acids is 2. The first-order chi connectivity index (χ1) is 27.9. The number of rotatable bonds is 11. The van der Waals surface area contributed by atoms with Crippen molar-refractivity contribution in [3.63, 3.8) is 0 Å². The van der Waals surface area contributed by atoms with Gasteiger partial charge in [-0.3, -0.25) is 0 Å². The summed E-state index contributed by atoms with van der Waals surface area (Å²) in [4.78, 5) is 22.9. The average molecular weight is 815 g/mol. The van der Waals surface area contributed by atoms with Gasteiger partial charge in [-0.05, 0) is 98.7 Å². The van der Waals surface area contributed by atoms with Crippen molar-refractivity contribution in [1.29, 1.82) is 0 Å². The molecule has 320 valence electrons. The normalized spacial score (nSPS) is 11.7. The second kappa shape index (κ2) is 27.7. The molecule has 0 aromatic heterocycles. The van der Waals surface area contributed by atoms with E-state index in [4.69, 9.17) is 39.0 Å². The first-order valence-electron chi connectivity index (χ1n) is 19.4. The molecule has 59 heavy (non-hydrogen) atoms. The lowest BCUT2D eigenvalue weighted by molar-refractivity contribution is 0.0523. The summed E-state index contributed by atoms with van der Waals surface area (Å²) in [5, 5.41) is 32.1. The molecule has 3 rings (SSSR count). The molecule has 2 amide bonds. The molecular formula is C47H62N2O10. The first kappa shape index (κ1) is 51.2. The van der Waals surface area contributed by atoms with Crippen LogP contribution in [-0.4, -0.2) is 89.9 Å². The Hall–Kier alpha value is -5.84. The number of aliphatic hydroxyl groups is 3. The highest BCUT2D eigenvalue weighted by Gasteiger charge is 2.16. The largest absolute Gasteiger partial charge is 0.487 e. The Balaban J connectivity index is 0.000000451. The highest BCUT2D eigenvalue weighted by Crippen LogP contribution is 2.20. The number of aliphatic hydroxyl groups excluding tert-OH is 3. The summed E-state index contributed by atoms with van der Waals surface area (Å²) in [5.41, 5.74) is 1.22. The molecule has 1 unspecified atom stereocenters. The molecule has 0 radical (unpaired) electrons. The van der Waals surface area contributed by atoms with Crippen LogP contribution < -0.4 is 24.8 Å². The number of hydrogen-bond acceptors (Lipinski definition) is 10. The van der Waals surface area contributed by atoms with Gasteiger partial charge in [-0.2, -0.15) is 0 Å². The topological polar surface area (TPSA) is 165 Å². The average Bonchev–Trinajstić information content (AvgIpc) is 3.18. The molecule has 0 aliphatic heterocycles. The molecule has 0 fully saturated rings. The summed E-state index contributed by atoms with van der Waals surface area (Å²) in [5.74, 6) is 19.5. The molecule has 3 atom stereocenters. The van der Waals surface area contributed by atoms with Crippen molar-refractivity contribution in [2.24, 2.45) is 0 Å². The van der Waals surface area contributed by atoms with Crippen LogP contribution >= 0.6 is 0 Å². The van der Waals surface area contributed by atoms with Gasteiger partial charge in [-0.15, -0.1) is 0 Å². The highest BCUT2D eigenvalue weighted by atomic mass is 16.6. The van der Waals surface area contributed by atoms with Gasteiger partial charge >= 0.3 is 12.2 Å². The van der Waals surface area contributed by atoms with E-state index in [0.29, 0.717) is 22.6 Å². The van der Waals surface area contributed by atoms with Crippen LogP contribution in [0.15, 0.2) is 72.8 Å². The molecule has 5 N–H and O–H groups in total. The molecule has 12 nitrogen and oxygen atoms in total. The second-order valence-corrected chi connectivity index (χ2v) is 14.8. The van der Waals surface area contributed by atoms with E-state index in [2.05, 4.69) is 46.2 Å². The van der Waals surface area contributed by atoms with Gasteiger partial charge < -0.3 is 49.6 Å². The van der Waals surface area contributed by atoms with E-state index < -0.39 is 23.4 Å². The third kappa shape index (κ3) is 24.5. The molecule has 0 heterocycles. The summed E-state index contributed by atoms with van der Waals surface area (Å²) in [6.07, 6.45) is -0.982. The van der Waals surface area contributed by atoms with Crippen molar-refractivity contribution in [3.8, 4) is 52.8 Å². The Bertz CT molecular complexity index is 1800. The van der Waals surface area contributed by atoms with Gasteiger partial charge in [0.2, 0.25) is 0 Å². The zero-order chi connectivity index (χ0) is 44.3. The van der Waals surface area contributed by atoms with Crippen molar-refractivity contribution >= 4 is 12.2 Å². The van der Waals surface area contributed by atoms with E-state index in [9.17, 15) is 9.59 Å². The number of amides is 2. The Morgan fingerprint density at radius 1 is 0.542 bits per heavy atom. The standard InChI is InChI=1S/2C17H23NO4.C13H16O2/c2*1-13(12-19)21-15-10-6-5-8-14(15)9-7-11-18-16(20)22-17(2,3)4;1-3-4-7-12-8-5-6-9-13(12)15-11(2)10-14/h2*5-6,8,10,13,19H,11-12H2,1-4H3,(H,18,20);5-6,8-9,11,14H,3,10H2,1-2H3/t13-;;11-/m0.1/s1. The number of nitrogens with one attached hydrogen (secondary N) is 2. The molecule has 0 saturated heterocycles. The van der Waals surface area contributed by atoms with Crippen LogP contribution in [0.1, 0.15) is 92.3 Å². The lowest BCUT2D eigenvalue weighted by atomic mass is 10.2. The molecule has 0 aliphatic rings. The highest BCUT2D eigenvalue weighted by molar-refractivity contribution is 5.68. The van der Waals surface area contributed by atoms with Crippen molar-refractivity contribution < 1.29 is 48.6 Å². The van der Waals surface area contributed by atoms with Gasteiger partial charge in [0.1, 0.15) is 46.8 Å². The molecule has 3 aromatic rings. The maximum Gasteiger partial charge on any atom is 0.408 e. The van der Waals surface area contributed by atoms with Crippen LogP contribution in [0.3, 0.4) is 0 Å². The van der Waals surface area contributed by atoms with E-state index in [-0.39, 0.29) is 51.2 Å². The Kier molecular flexibility index (Phi) is 24.1. The van der Waals surface area contributed by atoms with Gasteiger partial charge in [0.15, 0.2) is 0 Å². The fourth-order valence-electron chi connectivity index (χ4n) is 4.10. The number of carbonyl (C=O) groups is 2. The van der Waals surface area contributed by atoms with E-state index in [1.807, 2.05) is 74.5 Å². The molecular weight excluding hydrogens is 753 g/mol. The molecule has 3 aromatic carbocycles. The third-order valence-corrected chi connectivity index (χ3v) is 6.70. The number of hydrogen-bond donors (Lipinski definition) is 5. The van der Waals surface area contributed by atoms with Gasteiger partial charge in [0.05, 0.1) is 49.6 Å². The first-order valence-corrected chi connectivity index (χ1v) is 19.4. The predicted molar refractivity (Wildman–Crippen MR) is 230 cm³/mol. The number of ether oxygens (including phenoxy) is 5. The Morgan fingerprint density at radius 2 is 0.831 bits per heavy atom. The minimum Gasteiger partial charge on any atom is -0.487 e. The zero-order valence-corrected chi connectivity index (χ0v) is 36.1. The number of para-hydroxylation sites is 3. The maximum atomic E-state index is 11.5. The van der Waals surface area contributed by atoms with E-state index >= 15 is 0 Å². The lowest BCUT2D eigenvalue weighted by Gasteiger charge is -2.19. The van der Waals surface area contributed by atoms with Crippen molar-refractivity contribution in [3.05, 3.63) is 89.5 Å². The number of alkyl carbamates (subject to hydrolysis) is 2. The predicted octanol–water partition coefficient (Wildman–Crippen LogP) is 6.85. The minimum atomic E-state index is -0.529. The third-order valence-electron chi connectivity index (χ3n) is 6.70. The monoisotopic (exact) mass is 814 g/mol. The SMILES string of the molecule is CC(CO)Oc1ccccc1C#CCNC(=O)OC(C)(C)C.CCC#Cc1ccccc1O[C@H](C)CO.C[C@@H](CO)Oc1ccccc1C#CCNC(=O)OC(C)(C)C. The summed E-state index contributed by atoms with van der Waals surface area (Å²) in [6.45, 7) is 18.4. The van der Waals surface area contributed by atoms with Crippen LogP contribution in [0.25, 0.3) is 0 Å². The van der Waals surface area contributed by atoms with E-state index in [1.165, 1.54) is 0 Å². The molecule has 12 heteroatoms. The van der Waals surface area contributed by atoms with Crippen LogP contribution in [-0.2, 0) is 9.47 Å². The maximum absolute atomic E-state index is 11.5. The molecule has 0 bridgehead atoms. The minimum absolute atomic E-state index is 0.00946. The zero-order valence-electron chi connectivity index (χ0n) is 36.1. The van der Waals surface area contributed by atoms with Crippen LogP contribution in [0.2, 0.25) is 0 Å². The summed E-state index contributed by atoms with van der Waals surface area (Å²) >= 11 is 0. The van der Waals surface area contributed by atoms with Crippen LogP contribution in [0, 0.1) is 35.5 Å². The summed E-state index contributed by atoms with van der Waals surface area (Å²) < 4.78 is 26.9. The smallest absolute Gasteiger partial charge is 0.408 e. The molecule has 0 saturated carbocycles. The van der Waals surface area contributed by atoms with Crippen molar-refractivity contribution in [1.82, 2.24) is 10.6 Å². The quantitative estimate of drug-likeness (QED) is 0.129. The van der Waals surface area contributed by atoms with Crippen LogP contribution in [0.4, 0.5) is 9.59 Å². The Labute approximate surface area is 351 Å². The molecule has 0 spiro atoms. The van der Waals surface area contributed by atoms with Gasteiger partial charge in [-0.1, -0.05) is 78.8 Å². The van der Waals surface area contributed by atoms with Crippen molar-refractivity contribution in [2.75, 3.05) is 32.9 Å². The van der Waals surface area contributed by atoms with Gasteiger partial charge in [0.25, 0.3) is 0 Å². The summed E-state index contributed by atoms with van der Waals surface area (Å²) in [6, 6.07) is 22.2. The van der Waals surface area contributed by atoms with Crippen molar-refractivity contribution in [2.45, 2.75) is 105 Å². The Morgan fingerprint density at radius 3 is 1.10 bits per heavy atom. The van der Waals surface area contributed by atoms with Gasteiger partial charge in [-0.25, -0.2) is 9.59 Å². The summed E-state index contributed by atoms with van der Waals surface area (Å²) in [7, 11) is 0. The van der Waals surface area contributed by atoms with Gasteiger partial charge in [0, 0.05) is 6.42 Å². The number of benzene rings is 3. The fraction of sp³-hybridized carbons (Fsp3) is 0.447. The van der Waals surface area contributed by atoms with E-state index in [1.54, 1.807) is 67.5 Å². The van der Waals surface area contributed by atoms with E-state index in [0.717, 1.165) is 17.7 Å². The molecule has 0 aliphatic carbocycles. The van der Waals surface area contributed by atoms with Crippen LogP contribution in [0.5, 0.6) is 17.2 Å².